The molecule has 7 heteroatoms. The highest BCUT2D eigenvalue weighted by Gasteiger charge is 2.27. The lowest BCUT2D eigenvalue weighted by Crippen LogP contribution is -2.19. The highest BCUT2D eigenvalue weighted by Crippen LogP contribution is 2.14. The number of hydrogen-bond donors (Lipinski definition) is 1. The van der Waals surface area contributed by atoms with Crippen molar-refractivity contribution in [3.05, 3.63) is 24.3 Å². The summed E-state index contributed by atoms with van der Waals surface area (Å²) in [6, 6.07) is 6.33. The van der Waals surface area contributed by atoms with Gasteiger partial charge in [0.2, 0.25) is 0 Å². The maximum absolute atomic E-state index is 11.7. The van der Waals surface area contributed by atoms with Crippen molar-refractivity contribution >= 4 is 16.5 Å². The predicted molar refractivity (Wildman–Crippen MR) is 59.0 cm³/mol. The second kappa shape index (κ2) is 6.02. The van der Waals surface area contributed by atoms with Gasteiger partial charge in [0.15, 0.2) is 0 Å². The average molecular weight is 267 g/mol. The van der Waals surface area contributed by atoms with Gasteiger partial charge in [-0.2, -0.15) is 13.2 Å². The van der Waals surface area contributed by atoms with E-state index in [1.54, 1.807) is 24.3 Å². The lowest BCUT2D eigenvalue weighted by atomic mass is 10.3. The summed E-state index contributed by atoms with van der Waals surface area (Å²) in [4.78, 5) is 0.523. The van der Waals surface area contributed by atoms with E-state index in [0.29, 0.717) is 10.6 Å². The topological polar surface area (TPSA) is 52.3 Å². The molecule has 0 radical (unpaired) electrons. The Labute approximate surface area is 99.2 Å². The van der Waals surface area contributed by atoms with Crippen LogP contribution in [0.5, 0.6) is 0 Å². The molecule has 0 fully saturated rings. The van der Waals surface area contributed by atoms with Gasteiger partial charge in [-0.15, -0.1) is 0 Å². The molecule has 1 aromatic rings. The molecule has 3 nitrogen and oxygen atoms in total. The Bertz CT molecular complexity index is 378. The first-order chi connectivity index (χ1) is 7.88. The zero-order chi connectivity index (χ0) is 12.9. The lowest BCUT2D eigenvalue weighted by molar-refractivity contribution is -0.172. The summed E-state index contributed by atoms with van der Waals surface area (Å²) in [6.07, 6.45) is -4.34. The third-order valence-corrected chi connectivity index (χ3v) is 3.16. The summed E-state index contributed by atoms with van der Waals surface area (Å²) in [5.74, 6) is 0.0278. The Morgan fingerprint density at radius 3 is 2.35 bits per heavy atom. The molecule has 1 aromatic carbocycles. The Hall–Kier alpha value is -1.08. The summed E-state index contributed by atoms with van der Waals surface area (Å²) in [6.45, 7) is -1.51. The smallest absolute Gasteiger partial charge is 0.399 e. The lowest BCUT2D eigenvalue weighted by Gasteiger charge is -2.07. The molecule has 96 valence electrons. The molecule has 2 N–H and O–H groups in total. The number of ether oxygens (including phenoxy) is 1. The second-order valence-electron chi connectivity index (χ2n) is 3.29. The highest BCUT2D eigenvalue weighted by molar-refractivity contribution is 7.85. The molecule has 0 spiro atoms. The number of alkyl halides is 3. The molecular weight excluding hydrogens is 255 g/mol. The van der Waals surface area contributed by atoms with E-state index in [1.807, 2.05) is 0 Å². The third-order valence-electron chi connectivity index (χ3n) is 1.82. The van der Waals surface area contributed by atoms with Crippen LogP contribution in [0.25, 0.3) is 0 Å². The van der Waals surface area contributed by atoms with Gasteiger partial charge in [0.25, 0.3) is 0 Å². The molecule has 0 heterocycles. The molecule has 0 saturated carbocycles. The van der Waals surface area contributed by atoms with Crippen molar-refractivity contribution in [2.45, 2.75) is 11.1 Å². The van der Waals surface area contributed by atoms with E-state index in [1.165, 1.54) is 0 Å². The summed E-state index contributed by atoms with van der Waals surface area (Å²) < 4.78 is 51.2. The summed E-state index contributed by atoms with van der Waals surface area (Å²) in [5, 5.41) is 0. The van der Waals surface area contributed by atoms with Gasteiger partial charge >= 0.3 is 6.18 Å². The number of nitrogens with two attached hydrogens (primary N) is 1. The first-order valence-electron chi connectivity index (χ1n) is 4.77. The van der Waals surface area contributed by atoms with Gasteiger partial charge in [-0.25, -0.2) is 0 Å². The maximum atomic E-state index is 11.7. The summed E-state index contributed by atoms with van der Waals surface area (Å²) in [7, 11) is -1.37. The maximum Gasteiger partial charge on any atom is 0.411 e. The van der Waals surface area contributed by atoms with Crippen LogP contribution in [0.1, 0.15) is 0 Å². The molecule has 0 saturated heterocycles. The largest absolute Gasteiger partial charge is 0.411 e. The SMILES string of the molecule is Nc1ccc(S(=O)CCOCC(F)(F)F)cc1. The van der Waals surface area contributed by atoms with Crippen LogP contribution in [0.2, 0.25) is 0 Å². The van der Waals surface area contributed by atoms with Crippen molar-refractivity contribution in [2.75, 3.05) is 24.7 Å². The van der Waals surface area contributed by atoms with E-state index < -0.39 is 23.6 Å². The van der Waals surface area contributed by atoms with Crippen molar-refractivity contribution in [1.82, 2.24) is 0 Å². The van der Waals surface area contributed by atoms with Gasteiger partial charge in [-0.05, 0) is 24.3 Å². The normalized spacial score (nSPS) is 13.6. The molecule has 0 aliphatic heterocycles. The molecule has 17 heavy (non-hydrogen) atoms. The molecule has 0 aromatic heterocycles. The van der Waals surface area contributed by atoms with E-state index >= 15 is 0 Å². The van der Waals surface area contributed by atoms with E-state index in [-0.39, 0.29) is 12.4 Å². The fraction of sp³-hybridized carbons (Fsp3) is 0.400. The minimum atomic E-state index is -4.34. The zero-order valence-corrected chi connectivity index (χ0v) is 9.68. The first kappa shape index (κ1) is 14.0. The monoisotopic (exact) mass is 267 g/mol. The summed E-state index contributed by atoms with van der Waals surface area (Å²) in [5.41, 5.74) is 5.99. The van der Waals surface area contributed by atoms with Gasteiger partial charge < -0.3 is 10.5 Å². The van der Waals surface area contributed by atoms with Gasteiger partial charge in [-0.1, -0.05) is 0 Å². The number of nitrogen functional groups attached to an aromatic ring is 1. The van der Waals surface area contributed by atoms with E-state index in [4.69, 9.17) is 5.73 Å². The minimum absolute atomic E-state index is 0.0278. The quantitative estimate of drug-likeness (QED) is 0.655. The number of halogens is 3. The van der Waals surface area contributed by atoms with Crippen LogP contribution in [-0.2, 0) is 15.5 Å². The molecule has 0 amide bonds. The number of rotatable bonds is 5. The molecule has 1 atom stereocenters. The van der Waals surface area contributed by atoms with Crippen molar-refractivity contribution in [3.63, 3.8) is 0 Å². The Kier molecular flexibility index (Phi) is 4.95. The Balaban J connectivity index is 2.33. The van der Waals surface area contributed by atoms with E-state index in [9.17, 15) is 17.4 Å². The third kappa shape index (κ3) is 5.69. The van der Waals surface area contributed by atoms with E-state index in [2.05, 4.69) is 4.74 Å². The van der Waals surface area contributed by atoms with Crippen LogP contribution in [0.15, 0.2) is 29.2 Å². The van der Waals surface area contributed by atoms with Gasteiger partial charge in [0.1, 0.15) is 6.61 Å². The fourth-order valence-corrected chi connectivity index (χ4v) is 2.00. The van der Waals surface area contributed by atoms with Crippen LogP contribution < -0.4 is 5.73 Å². The van der Waals surface area contributed by atoms with E-state index in [0.717, 1.165) is 0 Å². The first-order valence-corrected chi connectivity index (χ1v) is 6.09. The second-order valence-corrected chi connectivity index (χ2v) is 4.86. The van der Waals surface area contributed by atoms with Crippen molar-refractivity contribution in [2.24, 2.45) is 0 Å². The number of anilines is 1. The average Bonchev–Trinajstić information content (AvgIpc) is 2.24. The number of benzene rings is 1. The summed E-state index contributed by atoms with van der Waals surface area (Å²) >= 11 is 0. The fourth-order valence-electron chi connectivity index (χ4n) is 1.06. The van der Waals surface area contributed by atoms with Gasteiger partial charge in [-0.3, -0.25) is 4.21 Å². The zero-order valence-electron chi connectivity index (χ0n) is 8.87. The minimum Gasteiger partial charge on any atom is -0.399 e. The van der Waals surface area contributed by atoms with Gasteiger partial charge in [0.05, 0.1) is 23.2 Å². The van der Waals surface area contributed by atoms with Crippen molar-refractivity contribution in [3.8, 4) is 0 Å². The molecule has 0 bridgehead atoms. The van der Waals surface area contributed by atoms with Crippen LogP contribution in [0, 0.1) is 0 Å². The molecule has 1 unspecified atom stereocenters. The Morgan fingerprint density at radius 1 is 1.24 bits per heavy atom. The standard InChI is InChI=1S/C10H12F3NO2S/c11-10(12,13)7-16-5-6-17(15)9-3-1-8(14)2-4-9/h1-4H,5-7,14H2. The van der Waals surface area contributed by atoms with Crippen LogP contribution in [0.4, 0.5) is 18.9 Å². The number of hydrogen-bond acceptors (Lipinski definition) is 3. The van der Waals surface area contributed by atoms with Crippen molar-refractivity contribution in [1.29, 1.82) is 0 Å². The van der Waals surface area contributed by atoms with Crippen LogP contribution >= 0.6 is 0 Å². The molecule has 0 aliphatic rings. The molecule has 0 aliphatic carbocycles. The van der Waals surface area contributed by atoms with Crippen LogP contribution in [-0.4, -0.2) is 29.4 Å². The van der Waals surface area contributed by atoms with Crippen LogP contribution in [0.3, 0.4) is 0 Å². The van der Waals surface area contributed by atoms with Gasteiger partial charge in [0, 0.05) is 10.6 Å². The molecular formula is C10H12F3NO2S. The predicted octanol–water partition coefficient (Wildman–Crippen LogP) is 1.96. The highest BCUT2D eigenvalue weighted by atomic mass is 32.2. The molecule has 1 rings (SSSR count). The Morgan fingerprint density at radius 2 is 1.82 bits per heavy atom. The van der Waals surface area contributed by atoms with Crippen molar-refractivity contribution < 1.29 is 22.1 Å².